The Kier molecular flexibility index (Phi) is 5.82. The standard InChI is InChI=1S/C21H29N5O3/c1-13-6-5-9-26(12-13)21-24-18-17(20(29)25-21)15(10-16(27)23-18)19(28)22-11-14-7-3-2-4-8-14/h2-4,7-8,13,15,17-18,21,24H,5-6,9-12H2,1H3,(H,22,28)(H,23,27)(H,25,29). The number of piperidine rings is 2. The number of nitrogens with zero attached hydrogens (tertiary/aromatic N) is 1. The van der Waals surface area contributed by atoms with Gasteiger partial charge in [-0.25, -0.2) is 0 Å². The number of hydrogen-bond acceptors (Lipinski definition) is 5. The van der Waals surface area contributed by atoms with Crippen molar-refractivity contribution in [1.82, 2.24) is 26.2 Å². The van der Waals surface area contributed by atoms with Crippen LogP contribution in [0.3, 0.4) is 0 Å². The van der Waals surface area contributed by atoms with Crippen molar-refractivity contribution in [2.75, 3.05) is 13.1 Å². The molecule has 4 rings (SSSR count). The lowest BCUT2D eigenvalue weighted by molar-refractivity contribution is -0.149. The summed E-state index contributed by atoms with van der Waals surface area (Å²) < 4.78 is 0. The second-order valence-electron chi connectivity index (χ2n) is 8.41. The van der Waals surface area contributed by atoms with Gasteiger partial charge in [0.05, 0.1) is 18.0 Å². The van der Waals surface area contributed by atoms with Crippen LogP contribution in [0.5, 0.6) is 0 Å². The van der Waals surface area contributed by atoms with Crippen LogP contribution >= 0.6 is 0 Å². The van der Waals surface area contributed by atoms with Gasteiger partial charge in [-0.1, -0.05) is 37.3 Å². The molecule has 29 heavy (non-hydrogen) atoms. The molecule has 3 heterocycles. The largest absolute Gasteiger partial charge is 0.352 e. The van der Waals surface area contributed by atoms with E-state index in [1.165, 1.54) is 6.42 Å². The van der Waals surface area contributed by atoms with Gasteiger partial charge in [0, 0.05) is 26.1 Å². The topological polar surface area (TPSA) is 103 Å². The van der Waals surface area contributed by atoms with E-state index < -0.39 is 18.0 Å². The molecule has 3 aliphatic heterocycles. The smallest absolute Gasteiger partial charge is 0.229 e. The van der Waals surface area contributed by atoms with Crippen LogP contribution in [0.15, 0.2) is 30.3 Å². The SMILES string of the molecule is CC1CCCN(C2NC(=O)C3C(NC(=O)CC3C(=O)NCc3ccccc3)N2)C1. The van der Waals surface area contributed by atoms with E-state index in [0.717, 1.165) is 25.1 Å². The predicted molar refractivity (Wildman–Crippen MR) is 107 cm³/mol. The van der Waals surface area contributed by atoms with E-state index in [1.807, 2.05) is 30.3 Å². The molecule has 1 aromatic carbocycles. The van der Waals surface area contributed by atoms with Crippen LogP contribution in [-0.2, 0) is 20.9 Å². The van der Waals surface area contributed by atoms with Crippen LogP contribution < -0.4 is 21.3 Å². The molecular formula is C21H29N5O3. The molecule has 5 unspecified atom stereocenters. The van der Waals surface area contributed by atoms with Crippen LogP contribution in [0.2, 0.25) is 0 Å². The molecule has 3 amide bonds. The van der Waals surface area contributed by atoms with Crippen LogP contribution in [0.1, 0.15) is 31.7 Å². The second kappa shape index (κ2) is 8.51. The van der Waals surface area contributed by atoms with Crippen molar-refractivity contribution < 1.29 is 14.4 Å². The summed E-state index contributed by atoms with van der Waals surface area (Å²) in [5.74, 6) is -1.40. The van der Waals surface area contributed by atoms with Crippen molar-refractivity contribution in [3.63, 3.8) is 0 Å². The summed E-state index contributed by atoms with van der Waals surface area (Å²) in [4.78, 5) is 40.3. The Balaban J connectivity index is 1.43. The van der Waals surface area contributed by atoms with Crippen LogP contribution in [0, 0.1) is 17.8 Å². The molecule has 0 aliphatic carbocycles. The Morgan fingerprint density at radius 1 is 1.21 bits per heavy atom. The molecule has 8 heteroatoms. The summed E-state index contributed by atoms with van der Waals surface area (Å²) in [6.45, 7) is 4.37. The van der Waals surface area contributed by atoms with Gasteiger partial charge >= 0.3 is 0 Å². The van der Waals surface area contributed by atoms with Gasteiger partial charge in [-0.3, -0.25) is 24.6 Å². The van der Waals surface area contributed by atoms with Crippen molar-refractivity contribution in [2.45, 2.75) is 45.2 Å². The summed E-state index contributed by atoms with van der Waals surface area (Å²) in [6, 6.07) is 9.59. The number of amides is 3. The van der Waals surface area contributed by atoms with E-state index in [2.05, 4.69) is 33.1 Å². The van der Waals surface area contributed by atoms with E-state index in [9.17, 15) is 14.4 Å². The molecule has 3 aliphatic rings. The lowest BCUT2D eigenvalue weighted by atomic mass is 9.81. The molecule has 156 valence electrons. The van der Waals surface area contributed by atoms with Crippen molar-refractivity contribution in [3.8, 4) is 0 Å². The molecule has 4 N–H and O–H groups in total. The fourth-order valence-corrected chi connectivity index (χ4v) is 4.63. The second-order valence-corrected chi connectivity index (χ2v) is 8.41. The maximum atomic E-state index is 12.9. The van der Waals surface area contributed by atoms with Crippen LogP contribution in [0.25, 0.3) is 0 Å². The molecule has 0 saturated carbocycles. The number of benzene rings is 1. The Morgan fingerprint density at radius 3 is 2.76 bits per heavy atom. The first-order valence-corrected chi connectivity index (χ1v) is 10.4. The minimum Gasteiger partial charge on any atom is -0.352 e. The fourth-order valence-electron chi connectivity index (χ4n) is 4.63. The highest BCUT2D eigenvalue weighted by Gasteiger charge is 2.49. The average molecular weight is 399 g/mol. The molecular weight excluding hydrogens is 370 g/mol. The number of likely N-dealkylation sites (tertiary alicyclic amines) is 1. The molecule has 3 fully saturated rings. The highest BCUT2D eigenvalue weighted by Crippen LogP contribution is 2.28. The Morgan fingerprint density at radius 2 is 2.00 bits per heavy atom. The average Bonchev–Trinajstić information content (AvgIpc) is 2.71. The Labute approximate surface area is 170 Å². The number of carbonyl (C=O) groups is 3. The number of carbonyl (C=O) groups excluding carboxylic acids is 3. The highest BCUT2D eigenvalue weighted by atomic mass is 16.2. The molecule has 0 spiro atoms. The summed E-state index contributed by atoms with van der Waals surface area (Å²) in [7, 11) is 0. The van der Waals surface area contributed by atoms with Crippen molar-refractivity contribution >= 4 is 17.7 Å². The number of rotatable bonds is 4. The summed E-state index contributed by atoms with van der Waals surface area (Å²) in [5, 5.41) is 12.1. The zero-order valence-electron chi connectivity index (χ0n) is 16.7. The van der Waals surface area contributed by atoms with E-state index in [0.29, 0.717) is 12.5 Å². The minimum absolute atomic E-state index is 0.0162. The quantitative estimate of drug-likeness (QED) is 0.576. The van der Waals surface area contributed by atoms with Crippen molar-refractivity contribution in [1.29, 1.82) is 0 Å². The molecule has 5 atom stereocenters. The van der Waals surface area contributed by atoms with Gasteiger partial charge in [0.2, 0.25) is 17.7 Å². The maximum absolute atomic E-state index is 12.9. The maximum Gasteiger partial charge on any atom is 0.229 e. The van der Waals surface area contributed by atoms with Gasteiger partial charge in [0.25, 0.3) is 0 Å². The van der Waals surface area contributed by atoms with Gasteiger partial charge in [-0.2, -0.15) is 0 Å². The molecule has 3 saturated heterocycles. The number of hydrogen-bond donors (Lipinski definition) is 4. The molecule has 0 bridgehead atoms. The first-order valence-electron chi connectivity index (χ1n) is 10.4. The van der Waals surface area contributed by atoms with Crippen molar-refractivity contribution in [2.24, 2.45) is 17.8 Å². The normalized spacial score (nSPS) is 32.7. The van der Waals surface area contributed by atoms with Gasteiger partial charge in [0.15, 0.2) is 0 Å². The monoisotopic (exact) mass is 399 g/mol. The van der Waals surface area contributed by atoms with E-state index in [4.69, 9.17) is 0 Å². The van der Waals surface area contributed by atoms with E-state index in [-0.39, 0.29) is 30.4 Å². The highest BCUT2D eigenvalue weighted by molar-refractivity contribution is 5.94. The van der Waals surface area contributed by atoms with Crippen LogP contribution in [-0.4, -0.2) is 48.2 Å². The Bertz CT molecular complexity index is 771. The zero-order chi connectivity index (χ0) is 20.4. The lowest BCUT2D eigenvalue weighted by Crippen LogP contribution is -2.74. The molecule has 0 radical (unpaired) electrons. The third-order valence-corrected chi connectivity index (χ3v) is 6.13. The third kappa shape index (κ3) is 4.43. The van der Waals surface area contributed by atoms with Gasteiger partial charge < -0.3 is 16.0 Å². The van der Waals surface area contributed by atoms with Gasteiger partial charge in [0.1, 0.15) is 6.29 Å². The van der Waals surface area contributed by atoms with Gasteiger partial charge in [-0.05, 0) is 24.3 Å². The van der Waals surface area contributed by atoms with E-state index >= 15 is 0 Å². The summed E-state index contributed by atoms with van der Waals surface area (Å²) in [5.41, 5.74) is 0.975. The lowest BCUT2D eigenvalue weighted by Gasteiger charge is -2.47. The Hall–Kier alpha value is -2.45. The first kappa shape index (κ1) is 19.8. The predicted octanol–water partition coefficient (Wildman–Crippen LogP) is 0.116. The molecule has 8 nitrogen and oxygen atoms in total. The fraction of sp³-hybridized carbons (Fsp3) is 0.571. The van der Waals surface area contributed by atoms with Crippen molar-refractivity contribution in [3.05, 3.63) is 35.9 Å². The summed E-state index contributed by atoms with van der Waals surface area (Å²) in [6.07, 6.45) is 1.42. The van der Waals surface area contributed by atoms with Gasteiger partial charge in [-0.15, -0.1) is 0 Å². The molecule has 0 aromatic heterocycles. The number of fused-ring (bicyclic) bond motifs is 1. The summed E-state index contributed by atoms with van der Waals surface area (Å²) >= 11 is 0. The first-order chi connectivity index (χ1) is 14.0. The van der Waals surface area contributed by atoms with E-state index in [1.54, 1.807) is 0 Å². The van der Waals surface area contributed by atoms with Crippen LogP contribution in [0.4, 0.5) is 0 Å². The minimum atomic E-state index is -0.689. The zero-order valence-corrected chi connectivity index (χ0v) is 16.7. The number of nitrogens with one attached hydrogen (secondary N) is 4. The third-order valence-electron chi connectivity index (χ3n) is 6.13. The molecule has 1 aromatic rings.